The van der Waals surface area contributed by atoms with Gasteiger partial charge in [-0.25, -0.2) is 14.4 Å². The van der Waals surface area contributed by atoms with E-state index >= 15 is 0 Å². The second kappa shape index (κ2) is 5.96. The topological polar surface area (TPSA) is 66.9 Å². The Morgan fingerprint density at radius 2 is 2.15 bits per heavy atom. The number of aromatic nitrogens is 2. The van der Waals surface area contributed by atoms with Crippen molar-refractivity contribution < 1.29 is 9.18 Å². The lowest BCUT2D eigenvalue weighted by Gasteiger charge is -2.08. The molecule has 0 aliphatic heterocycles. The highest BCUT2D eigenvalue weighted by Crippen LogP contribution is 2.19. The van der Waals surface area contributed by atoms with Crippen LogP contribution in [-0.4, -0.2) is 22.9 Å². The maximum absolute atomic E-state index is 14.0. The number of nitrogens with one attached hydrogen (secondary N) is 2. The molecule has 0 aliphatic carbocycles. The molecule has 2 aromatic heterocycles. The minimum Gasteiger partial charge on any atom is -0.371 e. The number of hydrogen-bond acceptors (Lipinski definition) is 4. The van der Waals surface area contributed by atoms with E-state index in [4.69, 9.17) is 0 Å². The van der Waals surface area contributed by atoms with E-state index < -0.39 is 11.7 Å². The third-order valence-corrected chi connectivity index (χ3v) is 3.49. The molecule has 0 bridgehead atoms. The Morgan fingerprint density at radius 3 is 2.80 bits per heavy atom. The van der Waals surface area contributed by atoms with Gasteiger partial charge in [0.15, 0.2) is 11.6 Å². The van der Waals surface area contributed by atoms with Gasteiger partial charge in [0.05, 0.1) is 5.56 Å². The molecule has 0 unspecified atom stereocenters. The minimum absolute atomic E-state index is 0.0256. The highest BCUT2D eigenvalue weighted by molar-refractivity contribution is 9.10. The van der Waals surface area contributed by atoms with Gasteiger partial charge in [0.25, 0.3) is 5.91 Å². The van der Waals surface area contributed by atoms with Gasteiger partial charge in [-0.05, 0) is 40.5 Å². The van der Waals surface area contributed by atoms with Gasteiger partial charge in [-0.2, -0.15) is 0 Å². The van der Waals surface area contributed by atoms with Gasteiger partial charge >= 0.3 is 0 Å². The average molecular weight is 339 g/mol. The Bertz CT molecular complexity index is 663. The van der Waals surface area contributed by atoms with Gasteiger partial charge in [-0.1, -0.05) is 0 Å². The lowest BCUT2D eigenvalue weighted by molar-refractivity contribution is 0.102. The van der Waals surface area contributed by atoms with E-state index in [2.05, 4.69) is 36.5 Å². The normalized spacial score (nSPS) is 10.2. The molecule has 20 heavy (non-hydrogen) atoms. The molecule has 0 spiro atoms. The van der Waals surface area contributed by atoms with Crippen molar-refractivity contribution in [3.05, 3.63) is 45.9 Å². The van der Waals surface area contributed by atoms with Crippen molar-refractivity contribution in [2.24, 2.45) is 0 Å². The van der Waals surface area contributed by atoms with E-state index in [1.54, 1.807) is 12.3 Å². The standard InChI is InChI=1S/C13H12BrFN4O/c1-7-5-10(18-6-9(7)14)19-13(20)8-3-4-17-12(16-2)11(8)15/h3-6H,1-2H3,(H,16,17)(H,18,19,20). The van der Waals surface area contributed by atoms with Crippen LogP contribution in [0.2, 0.25) is 0 Å². The molecule has 5 nitrogen and oxygen atoms in total. The van der Waals surface area contributed by atoms with E-state index in [0.29, 0.717) is 5.82 Å². The van der Waals surface area contributed by atoms with Crippen LogP contribution in [0.5, 0.6) is 0 Å². The van der Waals surface area contributed by atoms with Gasteiger partial charge < -0.3 is 10.6 Å². The van der Waals surface area contributed by atoms with Crippen molar-refractivity contribution >= 4 is 33.5 Å². The van der Waals surface area contributed by atoms with Crippen molar-refractivity contribution in [2.45, 2.75) is 6.92 Å². The molecular formula is C13H12BrFN4O. The summed E-state index contributed by atoms with van der Waals surface area (Å²) in [5.41, 5.74) is 0.827. The highest BCUT2D eigenvalue weighted by atomic mass is 79.9. The van der Waals surface area contributed by atoms with E-state index in [1.807, 2.05) is 6.92 Å². The van der Waals surface area contributed by atoms with Gasteiger partial charge in [0.2, 0.25) is 0 Å². The predicted molar refractivity (Wildman–Crippen MR) is 78.4 cm³/mol. The summed E-state index contributed by atoms with van der Waals surface area (Å²) in [6.07, 6.45) is 2.94. The van der Waals surface area contributed by atoms with Crippen molar-refractivity contribution in [1.29, 1.82) is 0 Å². The van der Waals surface area contributed by atoms with Crippen LogP contribution < -0.4 is 10.6 Å². The smallest absolute Gasteiger partial charge is 0.259 e. The Balaban J connectivity index is 2.26. The number of amides is 1. The second-order valence-electron chi connectivity index (χ2n) is 4.04. The van der Waals surface area contributed by atoms with E-state index in [9.17, 15) is 9.18 Å². The first-order valence-electron chi connectivity index (χ1n) is 5.78. The SMILES string of the molecule is CNc1nccc(C(=O)Nc2cc(C)c(Br)cn2)c1F. The number of pyridine rings is 2. The molecular weight excluding hydrogens is 327 g/mol. The van der Waals surface area contributed by atoms with Crippen molar-refractivity contribution in [3.63, 3.8) is 0 Å². The zero-order chi connectivity index (χ0) is 14.7. The number of aryl methyl sites for hydroxylation is 1. The first-order valence-corrected chi connectivity index (χ1v) is 6.58. The average Bonchev–Trinajstić information content (AvgIpc) is 2.43. The summed E-state index contributed by atoms with van der Waals surface area (Å²) < 4.78 is 14.8. The molecule has 0 aromatic carbocycles. The van der Waals surface area contributed by atoms with Crippen LogP contribution in [0.25, 0.3) is 0 Å². The summed E-state index contributed by atoms with van der Waals surface area (Å²) in [5, 5.41) is 5.13. The fraction of sp³-hybridized carbons (Fsp3) is 0.154. The van der Waals surface area contributed by atoms with Crippen LogP contribution in [-0.2, 0) is 0 Å². The molecule has 0 fully saturated rings. The summed E-state index contributed by atoms with van der Waals surface area (Å²) in [6, 6.07) is 3.01. The maximum atomic E-state index is 14.0. The highest BCUT2D eigenvalue weighted by Gasteiger charge is 2.16. The number of carbonyl (C=O) groups is 1. The third kappa shape index (κ3) is 2.93. The summed E-state index contributed by atoms with van der Waals surface area (Å²) in [5.74, 6) is -0.882. The Hall–Kier alpha value is -2.02. The summed E-state index contributed by atoms with van der Waals surface area (Å²) in [6.45, 7) is 1.87. The van der Waals surface area contributed by atoms with Gasteiger partial charge in [-0.3, -0.25) is 4.79 Å². The summed E-state index contributed by atoms with van der Waals surface area (Å²) in [4.78, 5) is 19.9. The third-order valence-electron chi connectivity index (χ3n) is 2.66. The number of halogens is 2. The first-order chi connectivity index (χ1) is 9.52. The number of anilines is 2. The van der Waals surface area contributed by atoms with Gasteiger partial charge in [-0.15, -0.1) is 0 Å². The Labute approximate surface area is 123 Å². The molecule has 0 saturated heterocycles. The molecule has 2 heterocycles. The number of nitrogens with zero attached hydrogens (tertiary/aromatic N) is 2. The quantitative estimate of drug-likeness (QED) is 0.902. The second-order valence-corrected chi connectivity index (χ2v) is 4.90. The lowest BCUT2D eigenvalue weighted by Crippen LogP contribution is -2.16. The predicted octanol–water partition coefficient (Wildman–Crippen LogP) is 2.98. The number of rotatable bonds is 3. The van der Waals surface area contributed by atoms with E-state index in [0.717, 1.165) is 10.0 Å². The molecule has 0 atom stereocenters. The number of carbonyl (C=O) groups excluding carboxylic acids is 1. The molecule has 104 valence electrons. The van der Waals surface area contributed by atoms with Crippen LogP contribution in [0.1, 0.15) is 15.9 Å². The van der Waals surface area contributed by atoms with E-state index in [1.165, 1.54) is 19.3 Å². The first kappa shape index (κ1) is 14.4. The summed E-state index contributed by atoms with van der Waals surface area (Å²) in [7, 11) is 1.53. The molecule has 0 aliphatic rings. The molecule has 0 saturated carbocycles. The molecule has 2 rings (SSSR count). The molecule has 2 aromatic rings. The fourth-order valence-electron chi connectivity index (χ4n) is 1.58. The molecule has 1 amide bonds. The van der Waals surface area contributed by atoms with Crippen molar-refractivity contribution in [1.82, 2.24) is 9.97 Å². The van der Waals surface area contributed by atoms with Crippen LogP contribution >= 0.6 is 15.9 Å². The van der Waals surface area contributed by atoms with Gasteiger partial charge in [0, 0.05) is 23.9 Å². The van der Waals surface area contributed by atoms with Crippen molar-refractivity contribution in [3.8, 4) is 0 Å². The zero-order valence-corrected chi connectivity index (χ0v) is 12.5. The molecule has 7 heteroatoms. The van der Waals surface area contributed by atoms with Crippen LogP contribution in [0.3, 0.4) is 0 Å². The Morgan fingerprint density at radius 1 is 1.40 bits per heavy atom. The maximum Gasteiger partial charge on any atom is 0.259 e. The monoisotopic (exact) mass is 338 g/mol. The fourth-order valence-corrected chi connectivity index (χ4v) is 1.80. The Kier molecular flexibility index (Phi) is 4.29. The minimum atomic E-state index is -0.693. The zero-order valence-electron chi connectivity index (χ0n) is 10.9. The van der Waals surface area contributed by atoms with Gasteiger partial charge in [0.1, 0.15) is 5.82 Å². The van der Waals surface area contributed by atoms with Crippen molar-refractivity contribution in [2.75, 3.05) is 17.7 Å². The molecule has 0 radical (unpaired) electrons. The van der Waals surface area contributed by atoms with Crippen LogP contribution in [0.4, 0.5) is 16.0 Å². The largest absolute Gasteiger partial charge is 0.371 e. The number of hydrogen-bond donors (Lipinski definition) is 2. The summed E-state index contributed by atoms with van der Waals surface area (Å²) >= 11 is 3.32. The lowest BCUT2D eigenvalue weighted by atomic mass is 10.2. The van der Waals surface area contributed by atoms with E-state index in [-0.39, 0.29) is 11.4 Å². The van der Waals surface area contributed by atoms with Crippen LogP contribution in [0.15, 0.2) is 29.0 Å². The molecule has 2 N–H and O–H groups in total. The van der Waals surface area contributed by atoms with Crippen LogP contribution in [0, 0.1) is 12.7 Å².